The molecular formula is C9H10O3. The van der Waals surface area contributed by atoms with E-state index >= 15 is 0 Å². The number of allylic oxidation sites excluding steroid dienone is 1. The Morgan fingerprint density at radius 3 is 2.92 bits per heavy atom. The van der Waals surface area contributed by atoms with Gasteiger partial charge >= 0.3 is 0 Å². The van der Waals surface area contributed by atoms with Gasteiger partial charge in [0.1, 0.15) is 12.1 Å². The van der Waals surface area contributed by atoms with E-state index in [0.717, 1.165) is 12.7 Å². The number of ketones is 1. The van der Waals surface area contributed by atoms with Gasteiger partial charge in [0, 0.05) is 12.3 Å². The number of Topliss-reactive ketones (excluding diaryl/α,β-unsaturated/α-hetero) is 1. The Morgan fingerprint density at radius 1 is 1.50 bits per heavy atom. The van der Waals surface area contributed by atoms with Crippen molar-refractivity contribution in [2.75, 3.05) is 0 Å². The molecule has 12 heavy (non-hydrogen) atoms. The maximum atomic E-state index is 11.0. The van der Waals surface area contributed by atoms with E-state index < -0.39 is 0 Å². The van der Waals surface area contributed by atoms with E-state index in [2.05, 4.69) is 0 Å². The molecule has 0 N–H and O–H groups in total. The minimum Gasteiger partial charge on any atom is -0.370 e. The summed E-state index contributed by atoms with van der Waals surface area (Å²) in [6, 6.07) is 0. The van der Waals surface area contributed by atoms with Crippen LogP contribution in [-0.2, 0) is 14.3 Å². The van der Waals surface area contributed by atoms with E-state index in [0.29, 0.717) is 12.2 Å². The van der Waals surface area contributed by atoms with Crippen LogP contribution in [0.25, 0.3) is 0 Å². The van der Waals surface area contributed by atoms with Crippen molar-refractivity contribution in [3.63, 3.8) is 0 Å². The van der Waals surface area contributed by atoms with Crippen molar-refractivity contribution in [1.29, 1.82) is 0 Å². The second kappa shape index (κ2) is 2.83. The number of hydrogen-bond acceptors (Lipinski definition) is 3. The molecule has 3 atom stereocenters. The monoisotopic (exact) mass is 166 g/mol. The lowest BCUT2D eigenvalue weighted by Gasteiger charge is -2.25. The average Bonchev–Trinajstić information content (AvgIpc) is 2.39. The van der Waals surface area contributed by atoms with Crippen LogP contribution in [0, 0.1) is 5.92 Å². The predicted octanol–water partition coefficient (Wildman–Crippen LogP) is 0.488. The van der Waals surface area contributed by atoms with Gasteiger partial charge in [0.25, 0.3) is 0 Å². The minimum absolute atomic E-state index is 0.0170. The van der Waals surface area contributed by atoms with Gasteiger partial charge in [0.2, 0.25) is 0 Å². The van der Waals surface area contributed by atoms with Gasteiger partial charge in [0.05, 0.1) is 12.2 Å². The molecule has 2 rings (SSSR count). The lowest BCUT2D eigenvalue weighted by atomic mass is 9.79. The maximum absolute atomic E-state index is 11.0. The normalized spacial score (nSPS) is 39.7. The number of carbonyl (C=O) groups excluding carboxylic acids is 2. The van der Waals surface area contributed by atoms with Crippen molar-refractivity contribution in [1.82, 2.24) is 0 Å². The molecule has 2 aliphatic rings. The molecule has 2 fully saturated rings. The van der Waals surface area contributed by atoms with E-state index in [1.807, 2.05) is 0 Å². The third kappa shape index (κ3) is 1.10. The van der Waals surface area contributed by atoms with E-state index in [1.54, 1.807) is 6.08 Å². The number of carbonyl (C=O) groups is 2. The molecule has 0 radical (unpaired) electrons. The minimum atomic E-state index is -0.0170. The number of fused-ring (bicyclic) bond motifs is 1. The van der Waals surface area contributed by atoms with Crippen molar-refractivity contribution in [2.24, 2.45) is 5.92 Å². The molecule has 0 bridgehead atoms. The molecule has 64 valence electrons. The number of rotatable bonds is 2. The molecule has 0 aromatic carbocycles. The van der Waals surface area contributed by atoms with E-state index in [-0.39, 0.29) is 18.1 Å². The van der Waals surface area contributed by atoms with Crippen LogP contribution in [0.3, 0.4) is 0 Å². The smallest absolute Gasteiger partial charge is 0.142 e. The summed E-state index contributed by atoms with van der Waals surface area (Å²) in [7, 11) is 0. The Labute approximate surface area is 70.4 Å². The first-order valence-electron chi connectivity index (χ1n) is 4.11. The van der Waals surface area contributed by atoms with Gasteiger partial charge in [-0.15, -0.1) is 0 Å². The first-order chi connectivity index (χ1) is 5.81. The van der Waals surface area contributed by atoms with Crippen LogP contribution >= 0.6 is 0 Å². The van der Waals surface area contributed by atoms with Crippen LogP contribution in [-0.4, -0.2) is 24.3 Å². The van der Waals surface area contributed by atoms with Crippen LogP contribution in [0.2, 0.25) is 0 Å². The van der Waals surface area contributed by atoms with Crippen LogP contribution in [0.5, 0.6) is 0 Å². The third-order valence-corrected chi connectivity index (χ3v) is 2.50. The second-order valence-electron chi connectivity index (χ2n) is 3.25. The fourth-order valence-electron chi connectivity index (χ4n) is 1.79. The van der Waals surface area contributed by atoms with Gasteiger partial charge in [-0.05, 0) is 12.5 Å². The quantitative estimate of drug-likeness (QED) is 0.443. The molecule has 0 spiro atoms. The molecule has 1 aliphatic carbocycles. The van der Waals surface area contributed by atoms with Crippen LogP contribution in [0.1, 0.15) is 12.8 Å². The molecule has 1 saturated carbocycles. The number of ether oxygens (including phenoxy) is 1. The van der Waals surface area contributed by atoms with E-state index in [9.17, 15) is 9.59 Å². The van der Waals surface area contributed by atoms with Gasteiger partial charge < -0.3 is 4.74 Å². The zero-order chi connectivity index (χ0) is 8.55. The molecule has 0 unspecified atom stereocenters. The molecule has 0 aromatic heterocycles. The Balaban J connectivity index is 1.94. The van der Waals surface area contributed by atoms with Crippen LogP contribution < -0.4 is 0 Å². The van der Waals surface area contributed by atoms with E-state index in [1.165, 1.54) is 6.08 Å². The summed E-state index contributed by atoms with van der Waals surface area (Å²) in [6.07, 6.45) is 5.32. The summed E-state index contributed by atoms with van der Waals surface area (Å²) in [6.45, 7) is 0. The van der Waals surface area contributed by atoms with Gasteiger partial charge in [-0.3, -0.25) is 9.59 Å². The summed E-state index contributed by atoms with van der Waals surface area (Å²) in [5.74, 6) is 0.424. The maximum Gasteiger partial charge on any atom is 0.142 e. The molecule has 0 amide bonds. The van der Waals surface area contributed by atoms with Gasteiger partial charge in [-0.25, -0.2) is 0 Å². The molecular weight excluding hydrogens is 156 g/mol. The fourth-order valence-corrected chi connectivity index (χ4v) is 1.79. The van der Waals surface area contributed by atoms with Gasteiger partial charge in [-0.1, -0.05) is 6.08 Å². The first kappa shape index (κ1) is 7.68. The average molecular weight is 166 g/mol. The lowest BCUT2D eigenvalue weighted by Crippen LogP contribution is -2.38. The molecule has 1 aliphatic heterocycles. The van der Waals surface area contributed by atoms with Crippen molar-refractivity contribution < 1.29 is 14.3 Å². The van der Waals surface area contributed by atoms with Gasteiger partial charge in [0.15, 0.2) is 0 Å². The van der Waals surface area contributed by atoms with Crippen LogP contribution in [0.4, 0.5) is 0 Å². The fraction of sp³-hybridized carbons (Fsp3) is 0.556. The summed E-state index contributed by atoms with van der Waals surface area (Å²) < 4.78 is 5.47. The Bertz CT molecular complexity index is 244. The Kier molecular flexibility index (Phi) is 1.81. The summed E-state index contributed by atoms with van der Waals surface area (Å²) in [5.41, 5.74) is 0. The van der Waals surface area contributed by atoms with Crippen LogP contribution in [0.15, 0.2) is 12.2 Å². The summed E-state index contributed by atoms with van der Waals surface area (Å²) in [5, 5.41) is 0. The highest BCUT2D eigenvalue weighted by molar-refractivity contribution is 5.88. The van der Waals surface area contributed by atoms with Crippen molar-refractivity contribution in [3.05, 3.63) is 12.2 Å². The number of hydrogen-bond donors (Lipinski definition) is 0. The predicted molar refractivity (Wildman–Crippen MR) is 41.6 cm³/mol. The third-order valence-electron chi connectivity index (χ3n) is 2.50. The molecule has 0 aromatic rings. The zero-order valence-corrected chi connectivity index (χ0v) is 6.60. The van der Waals surface area contributed by atoms with E-state index in [4.69, 9.17) is 4.74 Å². The Hall–Kier alpha value is -0.960. The highest BCUT2D eigenvalue weighted by atomic mass is 16.5. The zero-order valence-electron chi connectivity index (χ0n) is 6.60. The van der Waals surface area contributed by atoms with Crippen molar-refractivity contribution in [3.8, 4) is 0 Å². The lowest BCUT2D eigenvalue weighted by molar-refractivity contribution is -0.136. The standard InChI is InChI=1S/C9H10O3/c10-3-1-2-6-4-7-8(11)5-9(7)12-6/h1-3,6-7,9H,4-5H2/b2-1-/t6-,7+,9-/m1/s1. The molecule has 1 heterocycles. The highest BCUT2D eigenvalue weighted by Gasteiger charge is 2.47. The summed E-state index contributed by atoms with van der Waals surface area (Å²) in [4.78, 5) is 21.0. The summed E-state index contributed by atoms with van der Waals surface area (Å²) >= 11 is 0. The highest BCUT2D eigenvalue weighted by Crippen LogP contribution is 2.38. The second-order valence-corrected chi connectivity index (χ2v) is 3.25. The first-order valence-corrected chi connectivity index (χ1v) is 4.11. The largest absolute Gasteiger partial charge is 0.370 e. The SMILES string of the molecule is O=C/C=C\[C@@H]1C[C@H]2C(=O)C[C@H]2O1. The number of aldehydes is 1. The molecule has 1 saturated heterocycles. The van der Waals surface area contributed by atoms with Crippen molar-refractivity contribution in [2.45, 2.75) is 25.0 Å². The topological polar surface area (TPSA) is 43.4 Å². The Morgan fingerprint density at radius 2 is 2.33 bits per heavy atom. The van der Waals surface area contributed by atoms with Crippen molar-refractivity contribution >= 4 is 12.1 Å². The molecule has 3 heteroatoms. The molecule has 3 nitrogen and oxygen atoms in total. The van der Waals surface area contributed by atoms with Gasteiger partial charge in [-0.2, -0.15) is 0 Å².